The van der Waals surface area contributed by atoms with Gasteiger partial charge in [0, 0.05) is 50.2 Å². The van der Waals surface area contributed by atoms with E-state index in [1.165, 1.54) is 11.6 Å². The molecule has 0 N–H and O–H groups in total. The Kier molecular flexibility index (Phi) is 4.90. The molecule has 2 aromatic rings. The van der Waals surface area contributed by atoms with E-state index in [-0.39, 0.29) is 17.8 Å². The monoisotopic (exact) mass is 327 g/mol. The van der Waals surface area contributed by atoms with Crippen LogP contribution in [-0.4, -0.2) is 46.9 Å². The molecule has 1 aromatic heterocycles. The molecule has 4 nitrogen and oxygen atoms in total. The number of carbonyl (C=O) groups excluding carboxylic acids is 1. The van der Waals surface area contributed by atoms with Gasteiger partial charge in [0.15, 0.2) is 0 Å². The minimum Gasteiger partial charge on any atom is -0.336 e. The first-order valence-corrected chi connectivity index (χ1v) is 8.25. The summed E-state index contributed by atoms with van der Waals surface area (Å²) in [6, 6.07) is 8.86. The number of pyridine rings is 1. The third kappa shape index (κ3) is 3.46. The molecule has 126 valence electrons. The summed E-state index contributed by atoms with van der Waals surface area (Å²) in [5.74, 6) is -0.298. The van der Waals surface area contributed by atoms with Crippen LogP contribution in [0, 0.1) is 12.7 Å². The number of halogens is 1. The highest BCUT2D eigenvalue weighted by Gasteiger charge is 2.25. The Morgan fingerprint density at radius 3 is 2.58 bits per heavy atom. The van der Waals surface area contributed by atoms with Gasteiger partial charge in [-0.2, -0.15) is 0 Å². The molecule has 1 amide bonds. The summed E-state index contributed by atoms with van der Waals surface area (Å²) in [6.07, 6.45) is 3.67. The van der Waals surface area contributed by atoms with E-state index >= 15 is 0 Å². The fraction of sp³-hybridized carbons (Fsp3) is 0.368. The van der Waals surface area contributed by atoms with Gasteiger partial charge in [0.25, 0.3) is 5.91 Å². The lowest BCUT2D eigenvalue weighted by Crippen LogP contribution is -2.49. The Balaban J connectivity index is 1.62. The van der Waals surface area contributed by atoms with E-state index in [0.717, 1.165) is 13.1 Å². The fourth-order valence-corrected chi connectivity index (χ4v) is 3.11. The second kappa shape index (κ2) is 7.09. The molecule has 0 unspecified atom stereocenters. The second-order valence-corrected chi connectivity index (χ2v) is 6.25. The summed E-state index contributed by atoms with van der Waals surface area (Å²) in [5.41, 5.74) is 2.25. The Hall–Kier alpha value is -2.27. The minimum atomic E-state index is -0.276. The number of piperazine rings is 1. The van der Waals surface area contributed by atoms with E-state index in [1.807, 2.05) is 17.2 Å². The van der Waals surface area contributed by atoms with Gasteiger partial charge in [-0.3, -0.25) is 14.7 Å². The lowest BCUT2D eigenvalue weighted by molar-refractivity contribution is 0.0581. The van der Waals surface area contributed by atoms with E-state index < -0.39 is 0 Å². The molecule has 2 heterocycles. The van der Waals surface area contributed by atoms with Crippen molar-refractivity contribution in [3.8, 4) is 0 Å². The molecule has 1 fully saturated rings. The van der Waals surface area contributed by atoms with Gasteiger partial charge >= 0.3 is 0 Å². The highest BCUT2D eigenvalue weighted by Crippen LogP contribution is 2.21. The number of amides is 1. The van der Waals surface area contributed by atoms with Crippen molar-refractivity contribution >= 4 is 5.91 Å². The van der Waals surface area contributed by atoms with Crippen LogP contribution in [0.3, 0.4) is 0 Å². The van der Waals surface area contributed by atoms with Gasteiger partial charge in [-0.05, 0) is 49.2 Å². The first kappa shape index (κ1) is 16.6. The van der Waals surface area contributed by atoms with Gasteiger partial charge in [-0.25, -0.2) is 4.39 Å². The van der Waals surface area contributed by atoms with E-state index in [0.29, 0.717) is 24.2 Å². The molecule has 3 rings (SSSR count). The van der Waals surface area contributed by atoms with E-state index in [2.05, 4.69) is 22.9 Å². The molecule has 0 aliphatic carbocycles. The normalized spacial score (nSPS) is 16.9. The van der Waals surface area contributed by atoms with E-state index in [4.69, 9.17) is 0 Å². The van der Waals surface area contributed by atoms with Crippen molar-refractivity contribution in [2.45, 2.75) is 19.9 Å². The molecule has 1 aliphatic rings. The van der Waals surface area contributed by atoms with Crippen LogP contribution in [0.1, 0.15) is 34.5 Å². The zero-order valence-electron chi connectivity index (χ0n) is 14.1. The Morgan fingerprint density at radius 1 is 1.21 bits per heavy atom. The number of carbonyl (C=O) groups is 1. The highest BCUT2D eigenvalue weighted by molar-refractivity contribution is 5.94. The molecular weight excluding hydrogens is 305 g/mol. The number of aryl methyl sites for hydroxylation is 1. The highest BCUT2D eigenvalue weighted by atomic mass is 19.1. The van der Waals surface area contributed by atoms with Crippen molar-refractivity contribution < 1.29 is 9.18 Å². The standard InChI is InChI=1S/C19H22FN3O/c1-14-12-16(5-6-18(14)20)19(24)23-10-8-22(9-11-23)15(2)17-4-3-7-21-13-17/h3-7,12-13,15H,8-11H2,1-2H3/t15-/m1/s1. The predicted molar refractivity (Wildman–Crippen MR) is 91.3 cm³/mol. The van der Waals surface area contributed by atoms with Crippen molar-refractivity contribution in [1.82, 2.24) is 14.8 Å². The molecule has 0 bridgehead atoms. The molecule has 24 heavy (non-hydrogen) atoms. The molecule has 1 saturated heterocycles. The molecule has 0 saturated carbocycles. The van der Waals surface area contributed by atoms with Crippen LogP contribution in [0.25, 0.3) is 0 Å². The number of aromatic nitrogens is 1. The molecule has 0 radical (unpaired) electrons. The Bertz CT molecular complexity index is 712. The van der Waals surface area contributed by atoms with Crippen molar-refractivity contribution in [2.24, 2.45) is 0 Å². The number of rotatable bonds is 3. The number of hydrogen-bond acceptors (Lipinski definition) is 3. The number of hydrogen-bond donors (Lipinski definition) is 0. The van der Waals surface area contributed by atoms with Crippen LogP contribution in [0.15, 0.2) is 42.7 Å². The van der Waals surface area contributed by atoms with Crippen molar-refractivity contribution in [3.63, 3.8) is 0 Å². The van der Waals surface area contributed by atoms with Crippen LogP contribution in [0.5, 0.6) is 0 Å². The maximum absolute atomic E-state index is 13.4. The van der Waals surface area contributed by atoms with Crippen molar-refractivity contribution in [1.29, 1.82) is 0 Å². The van der Waals surface area contributed by atoms with Crippen LogP contribution < -0.4 is 0 Å². The summed E-state index contributed by atoms with van der Waals surface area (Å²) >= 11 is 0. The average molecular weight is 327 g/mol. The molecular formula is C19H22FN3O. The number of benzene rings is 1. The molecule has 1 atom stereocenters. The maximum atomic E-state index is 13.4. The zero-order chi connectivity index (χ0) is 17.1. The van der Waals surface area contributed by atoms with E-state index in [1.54, 1.807) is 25.3 Å². The topological polar surface area (TPSA) is 36.4 Å². The number of nitrogens with zero attached hydrogens (tertiary/aromatic N) is 3. The minimum absolute atomic E-state index is 0.0215. The first-order valence-electron chi connectivity index (χ1n) is 8.25. The van der Waals surface area contributed by atoms with Gasteiger partial charge < -0.3 is 4.90 Å². The third-order valence-electron chi connectivity index (χ3n) is 4.72. The van der Waals surface area contributed by atoms with Crippen LogP contribution >= 0.6 is 0 Å². The Labute approximate surface area is 141 Å². The van der Waals surface area contributed by atoms with Gasteiger partial charge in [0.1, 0.15) is 5.82 Å². The SMILES string of the molecule is Cc1cc(C(=O)N2CCN([C@H](C)c3cccnc3)CC2)ccc1F. The maximum Gasteiger partial charge on any atom is 0.253 e. The third-order valence-corrected chi connectivity index (χ3v) is 4.72. The summed E-state index contributed by atoms with van der Waals surface area (Å²) in [4.78, 5) is 21.0. The summed E-state index contributed by atoms with van der Waals surface area (Å²) in [7, 11) is 0. The van der Waals surface area contributed by atoms with Gasteiger partial charge in [0.2, 0.25) is 0 Å². The smallest absolute Gasteiger partial charge is 0.253 e. The zero-order valence-corrected chi connectivity index (χ0v) is 14.1. The van der Waals surface area contributed by atoms with Gasteiger partial charge in [-0.15, -0.1) is 0 Å². The summed E-state index contributed by atoms with van der Waals surface area (Å²) < 4.78 is 13.4. The summed E-state index contributed by atoms with van der Waals surface area (Å²) in [5, 5.41) is 0. The predicted octanol–water partition coefficient (Wildman–Crippen LogP) is 3.05. The first-order chi connectivity index (χ1) is 11.6. The largest absolute Gasteiger partial charge is 0.336 e. The fourth-order valence-electron chi connectivity index (χ4n) is 3.11. The molecule has 0 spiro atoms. The molecule has 5 heteroatoms. The van der Waals surface area contributed by atoms with Crippen LogP contribution in [0.2, 0.25) is 0 Å². The van der Waals surface area contributed by atoms with Crippen LogP contribution in [0.4, 0.5) is 4.39 Å². The molecule has 1 aromatic carbocycles. The van der Waals surface area contributed by atoms with E-state index in [9.17, 15) is 9.18 Å². The van der Waals surface area contributed by atoms with Crippen molar-refractivity contribution in [2.75, 3.05) is 26.2 Å². The lowest BCUT2D eigenvalue weighted by Gasteiger charge is -2.38. The van der Waals surface area contributed by atoms with Crippen LogP contribution in [-0.2, 0) is 0 Å². The summed E-state index contributed by atoms with van der Waals surface area (Å²) in [6.45, 7) is 6.85. The van der Waals surface area contributed by atoms with Gasteiger partial charge in [0.05, 0.1) is 0 Å². The van der Waals surface area contributed by atoms with Gasteiger partial charge in [-0.1, -0.05) is 6.07 Å². The second-order valence-electron chi connectivity index (χ2n) is 6.25. The molecule has 1 aliphatic heterocycles. The Morgan fingerprint density at radius 2 is 1.96 bits per heavy atom. The quantitative estimate of drug-likeness (QED) is 0.869. The lowest BCUT2D eigenvalue weighted by atomic mass is 10.1. The van der Waals surface area contributed by atoms with Crippen molar-refractivity contribution in [3.05, 3.63) is 65.2 Å². The average Bonchev–Trinajstić information content (AvgIpc) is 2.63.